The zero-order valence-electron chi connectivity index (χ0n) is 15.2. The van der Waals surface area contributed by atoms with Gasteiger partial charge in [0.2, 0.25) is 5.88 Å². The Kier molecular flexibility index (Phi) is 10.6. The normalized spacial score (nSPS) is 10.8. The Morgan fingerprint density at radius 2 is 2.04 bits per heavy atom. The molecule has 2 N–H and O–H groups in total. The number of hydrogen-bond acceptors (Lipinski definition) is 3. The van der Waals surface area contributed by atoms with Gasteiger partial charge in [-0.3, -0.25) is 0 Å². The molecule has 0 atom stereocenters. The summed E-state index contributed by atoms with van der Waals surface area (Å²) >= 11 is 0. The van der Waals surface area contributed by atoms with Crippen LogP contribution in [0.25, 0.3) is 0 Å². The maximum absolute atomic E-state index is 13.3. The molecule has 2 aromatic rings. The molecule has 26 heavy (non-hydrogen) atoms. The van der Waals surface area contributed by atoms with Gasteiger partial charge >= 0.3 is 0 Å². The maximum atomic E-state index is 13.3. The van der Waals surface area contributed by atoms with E-state index >= 15 is 0 Å². The summed E-state index contributed by atoms with van der Waals surface area (Å²) in [5.41, 5.74) is 1.79. The molecule has 0 saturated carbocycles. The molecule has 0 aliphatic heterocycles. The van der Waals surface area contributed by atoms with E-state index in [1.165, 1.54) is 12.1 Å². The molecule has 0 unspecified atom stereocenters. The highest BCUT2D eigenvalue weighted by Crippen LogP contribution is 2.14. The largest absolute Gasteiger partial charge is 0.477 e. The molecule has 1 heterocycles. The van der Waals surface area contributed by atoms with E-state index in [4.69, 9.17) is 4.74 Å². The van der Waals surface area contributed by atoms with E-state index in [1.54, 1.807) is 12.3 Å². The van der Waals surface area contributed by atoms with Crippen LogP contribution in [0.15, 0.2) is 47.6 Å². The Labute approximate surface area is 171 Å². The van der Waals surface area contributed by atoms with Crippen molar-refractivity contribution in [3.05, 3.63) is 59.5 Å². The summed E-state index contributed by atoms with van der Waals surface area (Å²) in [6.45, 7) is 6.38. The number of rotatable bonds is 8. The Balaban J connectivity index is 0.00000338. The minimum atomic E-state index is -0.251. The van der Waals surface area contributed by atoms with E-state index in [0.717, 1.165) is 24.1 Å². The third kappa shape index (κ3) is 7.55. The molecule has 7 heteroatoms. The average molecular weight is 472 g/mol. The Hall–Kier alpha value is -1.90. The minimum absolute atomic E-state index is 0. The molecule has 0 fully saturated rings. The predicted octanol–water partition coefficient (Wildman–Crippen LogP) is 3.88. The number of guanidine groups is 1. The van der Waals surface area contributed by atoms with Gasteiger partial charge < -0.3 is 15.4 Å². The smallest absolute Gasteiger partial charge is 0.218 e. The van der Waals surface area contributed by atoms with Crippen molar-refractivity contribution in [3.8, 4) is 5.88 Å². The predicted molar refractivity (Wildman–Crippen MR) is 113 cm³/mol. The van der Waals surface area contributed by atoms with Crippen molar-refractivity contribution in [1.29, 1.82) is 0 Å². The number of nitrogens with zero attached hydrogens (tertiary/aromatic N) is 2. The van der Waals surface area contributed by atoms with Crippen molar-refractivity contribution in [2.75, 3.05) is 13.2 Å². The van der Waals surface area contributed by atoms with Gasteiger partial charge in [-0.25, -0.2) is 14.4 Å². The second-order valence-electron chi connectivity index (χ2n) is 5.49. The molecule has 0 aliphatic rings. The molecule has 1 aromatic heterocycles. The monoisotopic (exact) mass is 472 g/mol. The van der Waals surface area contributed by atoms with Gasteiger partial charge in [0.25, 0.3) is 0 Å². The first-order chi connectivity index (χ1) is 12.2. The van der Waals surface area contributed by atoms with E-state index in [0.29, 0.717) is 31.5 Å². The second-order valence-corrected chi connectivity index (χ2v) is 5.49. The SMILES string of the molecule is CCCOc1ncccc1CNC(=NCc1cccc(F)c1)NCC.I. The van der Waals surface area contributed by atoms with Crippen LogP contribution in [0.3, 0.4) is 0 Å². The Morgan fingerprint density at radius 3 is 2.77 bits per heavy atom. The lowest BCUT2D eigenvalue weighted by Crippen LogP contribution is -2.36. The first-order valence-corrected chi connectivity index (χ1v) is 8.56. The van der Waals surface area contributed by atoms with Crippen LogP contribution in [0.2, 0.25) is 0 Å². The van der Waals surface area contributed by atoms with E-state index < -0.39 is 0 Å². The van der Waals surface area contributed by atoms with Crippen LogP contribution in [-0.4, -0.2) is 24.1 Å². The van der Waals surface area contributed by atoms with Crippen molar-refractivity contribution >= 4 is 29.9 Å². The molecule has 0 spiro atoms. The topological polar surface area (TPSA) is 58.5 Å². The molecule has 1 aromatic carbocycles. The molecule has 0 saturated heterocycles. The van der Waals surface area contributed by atoms with Gasteiger partial charge in [-0.1, -0.05) is 25.1 Å². The molecular formula is C19H26FIN4O. The maximum Gasteiger partial charge on any atom is 0.218 e. The number of halogens is 2. The number of hydrogen-bond donors (Lipinski definition) is 2. The molecule has 2 rings (SSSR count). The fourth-order valence-corrected chi connectivity index (χ4v) is 2.21. The third-order valence-corrected chi connectivity index (χ3v) is 3.39. The van der Waals surface area contributed by atoms with Crippen molar-refractivity contribution in [3.63, 3.8) is 0 Å². The highest BCUT2D eigenvalue weighted by molar-refractivity contribution is 14.0. The van der Waals surface area contributed by atoms with Crippen LogP contribution in [0.5, 0.6) is 5.88 Å². The van der Waals surface area contributed by atoms with Crippen molar-refractivity contribution in [2.24, 2.45) is 4.99 Å². The minimum Gasteiger partial charge on any atom is -0.477 e. The molecule has 142 valence electrons. The van der Waals surface area contributed by atoms with Gasteiger partial charge in [-0.15, -0.1) is 24.0 Å². The lowest BCUT2D eigenvalue weighted by atomic mass is 10.2. The number of ether oxygens (including phenoxy) is 1. The van der Waals surface area contributed by atoms with Gasteiger partial charge in [0.05, 0.1) is 13.2 Å². The van der Waals surface area contributed by atoms with Crippen molar-refractivity contribution in [2.45, 2.75) is 33.4 Å². The fourth-order valence-electron chi connectivity index (χ4n) is 2.21. The summed E-state index contributed by atoms with van der Waals surface area (Å²) in [7, 11) is 0. The van der Waals surface area contributed by atoms with Crippen LogP contribution < -0.4 is 15.4 Å². The Bertz CT molecular complexity index is 697. The average Bonchev–Trinajstić information content (AvgIpc) is 2.63. The first kappa shape index (κ1) is 22.1. The number of aliphatic imine (C=N–C) groups is 1. The van der Waals surface area contributed by atoms with Gasteiger partial charge in [0, 0.05) is 24.8 Å². The van der Waals surface area contributed by atoms with E-state index in [2.05, 4.69) is 27.5 Å². The molecule has 0 bridgehead atoms. The van der Waals surface area contributed by atoms with E-state index in [-0.39, 0.29) is 29.8 Å². The van der Waals surface area contributed by atoms with Crippen LogP contribution >= 0.6 is 24.0 Å². The van der Waals surface area contributed by atoms with Gasteiger partial charge in [-0.2, -0.15) is 0 Å². The fraction of sp³-hybridized carbons (Fsp3) is 0.368. The van der Waals surface area contributed by atoms with E-state index in [1.807, 2.05) is 25.1 Å². The zero-order valence-corrected chi connectivity index (χ0v) is 17.5. The van der Waals surface area contributed by atoms with Crippen LogP contribution in [0.4, 0.5) is 4.39 Å². The standard InChI is InChI=1S/C19H25FN4O.HI/c1-3-11-25-18-16(8-6-10-22-18)14-24-19(21-4-2)23-13-15-7-5-9-17(20)12-15;/h5-10,12H,3-4,11,13-14H2,1-2H3,(H2,21,23,24);1H. The van der Waals surface area contributed by atoms with Crippen LogP contribution in [0, 0.1) is 5.82 Å². The highest BCUT2D eigenvalue weighted by atomic mass is 127. The molecule has 0 radical (unpaired) electrons. The first-order valence-electron chi connectivity index (χ1n) is 8.56. The number of benzene rings is 1. The number of pyridine rings is 1. The summed E-state index contributed by atoms with van der Waals surface area (Å²) in [5.74, 6) is 1.05. The summed E-state index contributed by atoms with van der Waals surface area (Å²) in [5, 5.41) is 6.45. The summed E-state index contributed by atoms with van der Waals surface area (Å²) < 4.78 is 18.9. The summed E-state index contributed by atoms with van der Waals surface area (Å²) in [6.07, 6.45) is 2.65. The lowest BCUT2D eigenvalue weighted by molar-refractivity contribution is 0.301. The van der Waals surface area contributed by atoms with E-state index in [9.17, 15) is 4.39 Å². The Morgan fingerprint density at radius 1 is 1.19 bits per heavy atom. The van der Waals surface area contributed by atoms with Gasteiger partial charge in [0.1, 0.15) is 5.82 Å². The van der Waals surface area contributed by atoms with Gasteiger partial charge in [0.15, 0.2) is 5.96 Å². The molecule has 5 nitrogen and oxygen atoms in total. The zero-order chi connectivity index (χ0) is 17.9. The summed E-state index contributed by atoms with van der Waals surface area (Å²) in [4.78, 5) is 8.78. The van der Waals surface area contributed by atoms with Gasteiger partial charge in [-0.05, 0) is 37.1 Å². The number of nitrogens with one attached hydrogen (secondary N) is 2. The number of aromatic nitrogens is 1. The molecular weight excluding hydrogens is 446 g/mol. The third-order valence-electron chi connectivity index (χ3n) is 3.39. The van der Waals surface area contributed by atoms with Crippen molar-refractivity contribution in [1.82, 2.24) is 15.6 Å². The van der Waals surface area contributed by atoms with Crippen LogP contribution in [-0.2, 0) is 13.1 Å². The molecule has 0 aliphatic carbocycles. The van der Waals surface area contributed by atoms with Crippen molar-refractivity contribution < 1.29 is 9.13 Å². The van der Waals surface area contributed by atoms with Crippen LogP contribution in [0.1, 0.15) is 31.4 Å². The summed E-state index contributed by atoms with van der Waals surface area (Å²) in [6, 6.07) is 10.3. The second kappa shape index (κ2) is 12.5. The molecule has 0 amide bonds. The highest BCUT2D eigenvalue weighted by Gasteiger charge is 2.06. The lowest BCUT2D eigenvalue weighted by Gasteiger charge is -2.13. The quantitative estimate of drug-likeness (QED) is 0.348.